The van der Waals surface area contributed by atoms with Gasteiger partial charge in [-0.15, -0.1) is 0 Å². The molecule has 0 bridgehead atoms. The Kier molecular flexibility index (Phi) is 2.20. The number of alkyl halides is 3. The molecule has 0 aliphatic rings. The monoisotopic (exact) mass is 184 g/mol. The number of nitrogens with zero attached hydrogens (tertiary/aromatic N) is 1. The summed E-state index contributed by atoms with van der Waals surface area (Å²) in [6, 6.07) is 1.21. The Balaban J connectivity index is 2.57. The lowest BCUT2D eigenvalue weighted by molar-refractivity contribution is -0.0326. The Bertz CT molecular complexity index is 193. The lowest BCUT2D eigenvalue weighted by Crippen LogP contribution is -1.97. The quantitative estimate of drug-likeness (QED) is 0.622. The van der Waals surface area contributed by atoms with E-state index in [4.69, 9.17) is 0 Å². The van der Waals surface area contributed by atoms with E-state index < -0.39 is 5.51 Å². The standard InChI is InChI=1S/C4HF3NS2/c5-4(6,7)9-3-1-2-8-10-3/h1H. The minimum Gasteiger partial charge on any atom is -0.190 e. The van der Waals surface area contributed by atoms with Gasteiger partial charge in [-0.05, 0) is 29.4 Å². The first-order valence-electron chi connectivity index (χ1n) is 2.16. The van der Waals surface area contributed by atoms with Crippen molar-refractivity contribution in [3.05, 3.63) is 12.3 Å². The zero-order chi connectivity index (χ0) is 7.61. The summed E-state index contributed by atoms with van der Waals surface area (Å²) in [4.78, 5) is 0. The van der Waals surface area contributed by atoms with Crippen molar-refractivity contribution in [1.82, 2.24) is 4.37 Å². The first-order chi connectivity index (χ1) is 4.58. The molecule has 0 aromatic carbocycles. The van der Waals surface area contributed by atoms with Crippen LogP contribution in [0.2, 0.25) is 0 Å². The Labute approximate surface area is 63.4 Å². The maximum Gasteiger partial charge on any atom is 0.447 e. The Morgan fingerprint density at radius 3 is 2.70 bits per heavy atom. The van der Waals surface area contributed by atoms with Crippen LogP contribution in [0.25, 0.3) is 0 Å². The Morgan fingerprint density at radius 2 is 2.30 bits per heavy atom. The summed E-state index contributed by atoms with van der Waals surface area (Å²) in [6.45, 7) is 0. The molecule has 10 heavy (non-hydrogen) atoms. The van der Waals surface area contributed by atoms with Gasteiger partial charge in [0, 0.05) is 0 Å². The summed E-state index contributed by atoms with van der Waals surface area (Å²) in [7, 11) is 0. The molecule has 0 aliphatic heterocycles. The number of aromatic nitrogens is 1. The van der Waals surface area contributed by atoms with Crippen LogP contribution in [0.5, 0.6) is 0 Å². The zero-order valence-corrected chi connectivity index (χ0v) is 6.11. The summed E-state index contributed by atoms with van der Waals surface area (Å²) >= 11 is 0.619. The van der Waals surface area contributed by atoms with Crippen molar-refractivity contribution in [2.75, 3.05) is 0 Å². The predicted molar refractivity (Wildman–Crippen MR) is 32.9 cm³/mol. The summed E-state index contributed by atoms with van der Waals surface area (Å²) in [5.41, 5.74) is -4.21. The van der Waals surface area contributed by atoms with Crippen LogP contribution >= 0.6 is 23.3 Å². The molecule has 0 atom stereocenters. The van der Waals surface area contributed by atoms with Crippen molar-refractivity contribution in [2.24, 2.45) is 0 Å². The van der Waals surface area contributed by atoms with Crippen LogP contribution in [0.15, 0.2) is 10.3 Å². The summed E-state index contributed by atoms with van der Waals surface area (Å²) in [6.07, 6.45) is 2.30. The van der Waals surface area contributed by atoms with E-state index in [0.717, 1.165) is 11.5 Å². The van der Waals surface area contributed by atoms with Gasteiger partial charge in [0.1, 0.15) is 6.20 Å². The van der Waals surface area contributed by atoms with Crippen molar-refractivity contribution in [3.8, 4) is 0 Å². The molecule has 55 valence electrons. The number of hydrogen-bond donors (Lipinski definition) is 0. The molecule has 0 N–H and O–H groups in total. The fraction of sp³-hybridized carbons (Fsp3) is 0.250. The fourth-order valence-corrected chi connectivity index (χ4v) is 1.52. The molecule has 0 spiro atoms. The Hall–Kier alpha value is -0.230. The summed E-state index contributed by atoms with van der Waals surface area (Å²) < 4.78 is 38.2. The first-order valence-corrected chi connectivity index (χ1v) is 3.75. The predicted octanol–water partition coefficient (Wildman–Crippen LogP) is 2.56. The van der Waals surface area contributed by atoms with E-state index in [9.17, 15) is 13.2 Å². The molecule has 1 nitrogen and oxygen atoms in total. The average Bonchev–Trinajstić information content (AvgIpc) is 2.12. The molecule has 0 saturated carbocycles. The van der Waals surface area contributed by atoms with Gasteiger partial charge in [0.2, 0.25) is 0 Å². The third-order valence-corrected chi connectivity index (χ3v) is 2.11. The molecule has 1 aromatic heterocycles. The van der Waals surface area contributed by atoms with E-state index >= 15 is 0 Å². The minimum atomic E-state index is -4.21. The van der Waals surface area contributed by atoms with E-state index in [1.54, 1.807) is 0 Å². The highest BCUT2D eigenvalue weighted by atomic mass is 32.2. The van der Waals surface area contributed by atoms with Gasteiger partial charge in [-0.2, -0.15) is 17.5 Å². The molecule has 1 rings (SSSR count). The van der Waals surface area contributed by atoms with Crippen LogP contribution in [0, 0.1) is 6.20 Å². The lowest BCUT2D eigenvalue weighted by Gasteiger charge is -1.99. The SMILES string of the molecule is FC(F)(F)Sc1c[c]ns1. The number of thioether (sulfide) groups is 1. The van der Waals surface area contributed by atoms with Crippen LogP contribution < -0.4 is 0 Å². The number of hydrogen-bond acceptors (Lipinski definition) is 3. The molecule has 0 amide bonds. The van der Waals surface area contributed by atoms with E-state index in [2.05, 4.69) is 10.6 Å². The maximum atomic E-state index is 11.5. The van der Waals surface area contributed by atoms with Crippen molar-refractivity contribution in [1.29, 1.82) is 0 Å². The van der Waals surface area contributed by atoms with E-state index in [-0.39, 0.29) is 16.0 Å². The van der Waals surface area contributed by atoms with Gasteiger partial charge < -0.3 is 0 Å². The highest BCUT2D eigenvalue weighted by molar-refractivity contribution is 8.01. The summed E-state index contributed by atoms with van der Waals surface area (Å²) in [5.74, 6) is 0. The van der Waals surface area contributed by atoms with Gasteiger partial charge in [-0.25, -0.2) is 0 Å². The smallest absolute Gasteiger partial charge is 0.190 e. The van der Waals surface area contributed by atoms with E-state index in [1.165, 1.54) is 6.07 Å². The van der Waals surface area contributed by atoms with Gasteiger partial charge in [0.15, 0.2) is 0 Å². The van der Waals surface area contributed by atoms with Gasteiger partial charge >= 0.3 is 5.51 Å². The second kappa shape index (κ2) is 2.79. The van der Waals surface area contributed by atoms with Crippen molar-refractivity contribution >= 4 is 23.3 Å². The van der Waals surface area contributed by atoms with Crippen LogP contribution in [0.4, 0.5) is 13.2 Å². The maximum absolute atomic E-state index is 11.5. The van der Waals surface area contributed by atoms with Crippen LogP contribution in [-0.2, 0) is 0 Å². The molecule has 0 fully saturated rings. The van der Waals surface area contributed by atoms with Crippen LogP contribution in [0.3, 0.4) is 0 Å². The molecular formula is C4HF3NS2. The lowest BCUT2D eigenvalue weighted by atomic mass is 10.8. The average molecular weight is 184 g/mol. The molecular weight excluding hydrogens is 183 g/mol. The van der Waals surface area contributed by atoms with Crippen molar-refractivity contribution in [3.63, 3.8) is 0 Å². The van der Waals surface area contributed by atoms with Crippen LogP contribution in [-0.4, -0.2) is 9.88 Å². The molecule has 0 saturated heterocycles. The van der Waals surface area contributed by atoms with Crippen LogP contribution in [0.1, 0.15) is 0 Å². The van der Waals surface area contributed by atoms with Gasteiger partial charge in [-0.3, -0.25) is 0 Å². The molecule has 1 heterocycles. The number of rotatable bonds is 1. The van der Waals surface area contributed by atoms with Gasteiger partial charge in [0.25, 0.3) is 0 Å². The van der Waals surface area contributed by atoms with Crippen molar-refractivity contribution < 1.29 is 13.2 Å². The molecule has 0 unspecified atom stereocenters. The fourth-order valence-electron chi connectivity index (χ4n) is 0.339. The summed E-state index contributed by atoms with van der Waals surface area (Å²) in [5, 5.41) is 0. The van der Waals surface area contributed by atoms with E-state index in [1.807, 2.05) is 0 Å². The second-order valence-corrected chi connectivity index (χ2v) is 3.49. The largest absolute Gasteiger partial charge is 0.447 e. The molecule has 1 aromatic rings. The second-order valence-electron chi connectivity index (χ2n) is 1.32. The number of halogens is 3. The highest BCUT2D eigenvalue weighted by Gasteiger charge is 2.29. The first kappa shape index (κ1) is 7.87. The van der Waals surface area contributed by atoms with E-state index in [0.29, 0.717) is 0 Å². The minimum absolute atomic E-state index is 0.118. The highest BCUT2D eigenvalue weighted by Crippen LogP contribution is 2.37. The Morgan fingerprint density at radius 1 is 1.60 bits per heavy atom. The third kappa shape index (κ3) is 2.57. The molecule has 6 heteroatoms. The molecule has 1 radical (unpaired) electrons. The zero-order valence-electron chi connectivity index (χ0n) is 4.47. The topological polar surface area (TPSA) is 12.9 Å². The normalized spacial score (nSPS) is 11.9. The molecule has 0 aliphatic carbocycles. The van der Waals surface area contributed by atoms with Gasteiger partial charge in [-0.1, -0.05) is 0 Å². The third-order valence-electron chi connectivity index (χ3n) is 0.587. The van der Waals surface area contributed by atoms with Gasteiger partial charge in [0.05, 0.1) is 4.21 Å². The van der Waals surface area contributed by atoms with Crippen molar-refractivity contribution in [2.45, 2.75) is 9.72 Å².